The van der Waals surface area contributed by atoms with Crippen molar-refractivity contribution in [2.75, 3.05) is 7.11 Å². The molecule has 3 nitrogen and oxygen atoms in total. The fraction of sp³-hybridized carbons (Fsp3) is 0.900. The third kappa shape index (κ3) is 1.46. The van der Waals surface area contributed by atoms with Gasteiger partial charge in [0, 0.05) is 7.11 Å². The first-order chi connectivity index (χ1) is 6.22. The number of carboxylic acids is 1. The van der Waals surface area contributed by atoms with Crippen molar-refractivity contribution in [3.63, 3.8) is 0 Å². The lowest BCUT2D eigenvalue weighted by molar-refractivity contribution is -0.153. The van der Waals surface area contributed by atoms with Gasteiger partial charge in [-0.25, -0.2) is 4.79 Å². The molecule has 0 amide bonds. The average Bonchev–Trinajstić information content (AvgIpc) is 2.65. The molecule has 0 aromatic rings. The highest BCUT2D eigenvalue weighted by molar-refractivity contribution is 5.72. The molecule has 0 aliphatic heterocycles. The van der Waals surface area contributed by atoms with Crippen LogP contribution >= 0.6 is 0 Å². The molecular weight excluding hydrogens is 168 g/mol. The molecule has 0 aromatic carbocycles. The smallest absolute Gasteiger partial charge is 0.333 e. The van der Waals surface area contributed by atoms with Crippen LogP contribution in [0.4, 0.5) is 0 Å². The Balaban J connectivity index is 2.04. The maximum atomic E-state index is 10.9. The molecule has 2 saturated carbocycles. The molecule has 1 N–H and O–H groups in total. The van der Waals surface area contributed by atoms with E-state index in [0.717, 1.165) is 12.3 Å². The van der Waals surface area contributed by atoms with E-state index in [-0.39, 0.29) is 5.92 Å². The Hall–Kier alpha value is -0.570. The van der Waals surface area contributed by atoms with Crippen LogP contribution in [0.2, 0.25) is 0 Å². The van der Waals surface area contributed by atoms with E-state index in [1.807, 2.05) is 0 Å². The fourth-order valence-electron chi connectivity index (χ4n) is 3.12. The molecular formula is C10H16O3. The van der Waals surface area contributed by atoms with Gasteiger partial charge < -0.3 is 9.84 Å². The van der Waals surface area contributed by atoms with Crippen LogP contribution in [0, 0.1) is 17.8 Å². The summed E-state index contributed by atoms with van der Waals surface area (Å²) in [5.41, 5.74) is 0. The third-order valence-corrected chi connectivity index (χ3v) is 3.68. The summed E-state index contributed by atoms with van der Waals surface area (Å²) in [4.78, 5) is 10.9. The van der Waals surface area contributed by atoms with Crippen molar-refractivity contribution >= 4 is 5.97 Å². The largest absolute Gasteiger partial charge is 0.479 e. The highest BCUT2D eigenvalue weighted by Gasteiger charge is 2.45. The van der Waals surface area contributed by atoms with Gasteiger partial charge in [0.2, 0.25) is 0 Å². The zero-order chi connectivity index (χ0) is 9.42. The molecule has 2 bridgehead atoms. The van der Waals surface area contributed by atoms with Gasteiger partial charge in [-0.3, -0.25) is 0 Å². The minimum absolute atomic E-state index is 0.279. The lowest BCUT2D eigenvalue weighted by Crippen LogP contribution is -2.34. The Bertz CT molecular complexity index is 214. The van der Waals surface area contributed by atoms with Gasteiger partial charge in [-0.2, -0.15) is 0 Å². The Kier molecular flexibility index (Phi) is 2.28. The summed E-state index contributed by atoms with van der Waals surface area (Å²) >= 11 is 0. The van der Waals surface area contributed by atoms with Crippen molar-refractivity contribution in [2.45, 2.75) is 31.8 Å². The van der Waals surface area contributed by atoms with Gasteiger partial charge in [0.15, 0.2) is 6.10 Å². The first kappa shape index (κ1) is 9.00. The SMILES string of the molecule is COC(C(=O)O)C1CC2CCC1C2. The van der Waals surface area contributed by atoms with Gasteiger partial charge in [-0.1, -0.05) is 6.42 Å². The van der Waals surface area contributed by atoms with Crippen molar-refractivity contribution in [1.82, 2.24) is 0 Å². The molecule has 4 atom stereocenters. The van der Waals surface area contributed by atoms with Gasteiger partial charge in [0.05, 0.1) is 0 Å². The molecule has 0 saturated heterocycles. The van der Waals surface area contributed by atoms with E-state index in [9.17, 15) is 4.79 Å². The van der Waals surface area contributed by atoms with Crippen molar-refractivity contribution in [3.05, 3.63) is 0 Å². The lowest BCUT2D eigenvalue weighted by atomic mass is 9.84. The number of carbonyl (C=O) groups is 1. The Labute approximate surface area is 78.1 Å². The van der Waals surface area contributed by atoms with Crippen LogP contribution in [-0.4, -0.2) is 24.3 Å². The number of carboxylic acid groups (broad SMARTS) is 1. The molecule has 3 heteroatoms. The van der Waals surface area contributed by atoms with Crippen molar-refractivity contribution in [3.8, 4) is 0 Å². The quantitative estimate of drug-likeness (QED) is 0.723. The van der Waals surface area contributed by atoms with E-state index in [1.54, 1.807) is 0 Å². The molecule has 4 unspecified atom stereocenters. The van der Waals surface area contributed by atoms with E-state index >= 15 is 0 Å². The van der Waals surface area contributed by atoms with Gasteiger partial charge >= 0.3 is 5.97 Å². The van der Waals surface area contributed by atoms with Gasteiger partial charge in [-0.05, 0) is 37.0 Å². The predicted octanol–water partition coefficient (Wildman–Crippen LogP) is 1.52. The second-order valence-corrected chi connectivity index (χ2v) is 4.33. The maximum Gasteiger partial charge on any atom is 0.333 e. The van der Waals surface area contributed by atoms with E-state index in [4.69, 9.17) is 9.84 Å². The molecule has 2 fully saturated rings. The van der Waals surface area contributed by atoms with Crippen LogP contribution in [0.5, 0.6) is 0 Å². The summed E-state index contributed by atoms with van der Waals surface area (Å²) in [5.74, 6) is 0.888. The van der Waals surface area contributed by atoms with E-state index in [1.165, 1.54) is 26.4 Å². The molecule has 2 aliphatic carbocycles. The average molecular weight is 184 g/mol. The van der Waals surface area contributed by atoms with Crippen LogP contribution in [-0.2, 0) is 9.53 Å². The molecule has 2 rings (SSSR count). The Morgan fingerprint density at radius 1 is 1.46 bits per heavy atom. The fourth-order valence-corrected chi connectivity index (χ4v) is 3.12. The standard InChI is InChI=1S/C10H16O3/c1-13-9(10(11)12)8-5-6-2-3-7(8)4-6/h6-9H,2-5H2,1H3,(H,11,12). The molecule has 0 spiro atoms. The number of fused-ring (bicyclic) bond motifs is 2. The second-order valence-electron chi connectivity index (χ2n) is 4.33. The summed E-state index contributed by atoms with van der Waals surface area (Å²) < 4.78 is 5.05. The number of methoxy groups -OCH3 is 1. The first-order valence-electron chi connectivity index (χ1n) is 4.98. The Morgan fingerprint density at radius 2 is 2.23 bits per heavy atom. The zero-order valence-corrected chi connectivity index (χ0v) is 7.90. The predicted molar refractivity (Wildman–Crippen MR) is 47.4 cm³/mol. The molecule has 2 aliphatic rings. The topological polar surface area (TPSA) is 46.5 Å². The van der Waals surface area contributed by atoms with E-state index < -0.39 is 12.1 Å². The van der Waals surface area contributed by atoms with E-state index in [0.29, 0.717) is 5.92 Å². The molecule has 0 heterocycles. The number of ether oxygens (including phenoxy) is 1. The minimum Gasteiger partial charge on any atom is -0.479 e. The first-order valence-corrected chi connectivity index (χ1v) is 4.98. The molecule has 74 valence electrons. The number of aliphatic carboxylic acids is 1. The third-order valence-electron chi connectivity index (χ3n) is 3.68. The van der Waals surface area contributed by atoms with Gasteiger partial charge in [0.1, 0.15) is 0 Å². The van der Waals surface area contributed by atoms with Crippen molar-refractivity contribution in [2.24, 2.45) is 17.8 Å². The monoisotopic (exact) mass is 184 g/mol. The summed E-state index contributed by atoms with van der Waals surface area (Å²) in [7, 11) is 1.50. The normalized spacial score (nSPS) is 39.3. The molecule has 13 heavy (non-hydrogen) atoms. The number of hydrogen-bond donors (Lipinski definition) is 1. The van der Waals surface area contributed by atoms with Crippen molar-refractivity contribution < 1.29 is 14.6 Å². The van der Waals surface area contributed by atoms with Gasteiger partial charge in [0.25, 0.3) is 0 Å². The highest BCUT2D eigenvalue weighted by Crippen LogP contribution is 2.49. The maximum absolute atomic E-state index is 10.9. The zero-order valence-electron chi connectivity index (χ0n) is 7.90. The summed E-state index contributed by atoms with van der Waals surface area (Å²) in [6.45, 7) is 0. The number of hydrogen-bond acceptors (Lipinski definition) is 2. The summed E-state index contributed by atoms with van der Waals surface area (Å²) in [5, 5.41) is 8.94. The summed E-state index contributed by atoms with van der Waals surface area (Å²) in [6, 6.07) is 0. The molecule has 0 aromatic heterocycles. The van der Waals surface area contributed by atoms with Gasteiger partial charge in [-0.15, -0.1) is 0 Å². The highest BCUT2D eigenvalue weighted by atomic mass is 16.5. The number of rotatable bonds is 3. The van der Waals surface area contributed by atoms with Crippen LogP contribution in [0.15, 0.2) is 0 Å². The van der Waals surface area contributed by atoms with Crippen LogP contribution < -0.4 is 0 Å². The second kappa shape index (κ2) is 3.29. The van der Waals surface area contributed by atoms with Crippen molar-refractivity contribution in [1.29, 1.82) is 0 Å². The van der Waals surface area contributed by atoms with Crippen LogP contribution in [0.25, 0.3) is 0 Å². The molecule has 0 radical (unpaired) electrons. The lowest BCUT2D eigenvalue weighted by Gasteiger charge is -2.26. The summed E-state index contributed by atoms with van der Waals surface area (Å²) in [6.07, 6.45) is 4.25. The van der Waals surface area contributed by atoms with Crippen LogP contribution in [0.3, 0.4) is 0 Å². The van der Waals surface area contributed by atoms with Crippen LogP contribution in [0.1, 0.15) is 25.7 Å². The van der Waals surface area contributed by atoms with E-state index in [2.05, 4.69) is 0 Å². The Morgan fingerprint density at radius 3 is 2.62 bits per heavy atom. The minimum atomic E-state index is -0.792.